The van der Waals surface area contributed by atoms with Gasteiger partial charge in [0.25, 0.3) is 0 Å². The summed E-state index contributed by atoms with van der Waals surface area (Å²) in [5.74, 6) is 0. The first-order valence-corrected chi connectivity index (χ1v) is 8.15. The van der Waals surface area contributed by atoms with E-state index >= 15 is 0 Å². The summed E-state index contributed by atoms with van der Waals surface area (Å²) >= 11 is 3.14. The van der Waals surface area contributed by atoms with Crippen LogP contribution in [0.25, 0.3) is 10.2 Å². The number of urea groups is 1. The molecule has 21 heavy (non-hydrogen) atoms. The molecule has 108 valence electrons. The van der Waals surface area contributed by atoms with Crippen LogP contribution in [0.4, 0.5) is 10.5 Å². The van der Waals surface area contributed by atoms with Gasteiger partial charge in [0.2, 0.25) is 0 Å². The summed E-state index contributed by atoms with van der Waals surface area (Å²) < 4.78 is 1.07. The molecular formula is C14H14N4OS2. The Morgan fingerprint density at radius 1 is 1.38 bits per heavy atom. The highest BCUT2D eigenvalue weighted by Gasteiger charge is 2.12. The maximum Gasteiger partial charge on any atom is 0.319 e. The van der Waals surface area contributed by atoms with Crippen LogP contribution in [0.1, 0.15) is 23.0 Å². The Labute approximate surface area is 130 Å². The summed E-state index contributed by atoms with van der Waals surface area (Å²) in [5.41, 5.74) is 1.72. The van der Waals surface area contributed by atoms with E-state index in [-0.39, 0.29) is 12.1 Å². The zero-order valence-electron chi connectivity index (χ0n) is 11.6. The molecule has 2 amide bonds. The number of carbonyl (C=O) groups is 1. The van der Waals surface area contributed by atoms with Gasteiger partial charge in [-0.1, -0.05) is 0 Å². The quantitative estimate of drug-likeness (QED) is 0.768. The number of amides is 2. The summed E-state index contributed by atoms with van der Waals surface area (Å²) in [6, 6.07) is 5.36. The number of aryl methyl sites for hydroxylation is 1. The summed E-state index contributed by atoms with van der Waals surface area (Å²) in [6.45, 7) is 3.88. The summed E-state index contributed by atoms with van der Waals surface area (Å²) in [7, 11) is 0. The third kappa shape index (κ3) is 3.20. The topological polar surface area (TPSA) is 66.9 Å². The van der Waals surface area contributed by atoms with Gasteiger partial charge in [-0.05, 0) is 32.0 Å². The fraction of sp³-hybridized carbons (Fsp3) is 0.214. The van der Waals surface area contributed by atoms with E-state index in [1.54, 1.807) is 17.5 Å². The van der Waals surface area contributed by atoms with Crippen LogP contribution in [0.3, 0.4) is 0 Å². The van der Waals surface area contributed by atoms with Crippen molar-refractivity contribution in [2.45, 2.75) is 19.9 Å². The van der Waals surface area contributed by atoms with E-state index in [1.807, 2.05) is 37.4 Å². The average Bonchev–Trinajstić information content (AvgIpc) is 3.05. The SMILES string of the molecule is Cc1nc2ccc(NC(=O)NC(C)c3nccs3)cc2s1. The molecule has 0 spiro atoms. The van der Waals surface area contributed by atoms with Crippen molar-refractivity contribution in [2.24, 2.45) is 0 Å². The van der Waals surface area contributed by atoms with Gasteiger partial charge in [-0.15, -0.1) is 22.7 Å². The predicted molar refractivity (Wildman–Crippen MR) is 87.0 cm³/mol. The molecule has 2 aromatic heterocycles. The average molecular weight is 318 g/mol. The zero-order valence-corrected chi connectivity index (χ0v) is 13.2. The van der Waals surface area contributed by atoms with Gasteiger partial charge in [0.1, 0.15) is 5.01 Å². The van der Waals surface area contributed by atoms with E-state index in [2.05, 4.69) is 20.6 Å². The highest BCUT2D eigenvalue weighted by molar-refractivity contribution is 7.18. The smallest absolute Gasteiger partial charge is 0.319 e. The zero-order chi connectivity index (χ0) is 14.8. The van der Waals surface area contributed by atoms with Crippen molar-refractivity contribution in [3.8, 4) is 0 Å². The number of carbonyl (C=O) groups excluding carboxylic acids is 1. The summed E-state index contributed by atoms with van der Waals surface area (Å²) in [6.07, 6.45) is 1.73. The van der Waals surface area contributed by atoms with E-state index in [1.165, 1.54) is 11.3 Å². The van der Waals surface area contributed by atoms with Gasteiger partial charge < -0.3 is 10.6 Å². The van der Waals surface area contributed by atoms with Crippen LogP contribution in [0.5, 0.6) is 0 Å². The second-order valence-corrected chi connectivity index (χ2v) is 6.77. The molecule has 0 radical (unpaired) electrons. The second-order valence-electron chi connectivity index (χ2n) is 4.61. The first-order valence-electron chi connectivity index (χ1n) is 6.46. The molecular weight excluding hydrogens is 304 g/mol. The van der Waals surface area contributed by atoms with E-state index in [0.29, 0.717) is 0 Å². The number of rotatable bonds is 3. The van der Waals surface area contributed by atoms with Gasteiger partial charge in [0, 0.05) is 17.3 Å². The van der Waals surface area contributed by atoms with Crippen LogP contribution < -0.4 is 10.6 Å². The molecule has 5 nitrogen and oxygen atoms in total. The molecule has 1 atom stereocenters. The number of anilines is 1. The number of aromatic nitrogens is 2. The van der Waals surface area contributed by atoms with Crippen molar-refractivity contribution in [1.29, 1.82) is 0 Å². The minimum Gasteiger partial charge on any atom is -0.329 e. The Hall–Kier alpha value is -1.99. The number of hydrogen-bond acceptors (Lipinski definition) is 5. The minimum absolute atomic E-state index is 0.112. The first-order chi connectivity index (χ1) is 10.1. The number of thiazole rings is 2. The molecule has 0 aliphatic carbocycles. The fourth-order valence-corrected chi connectivity index (χ4v) is 3.50. The Balaban J connectivity index is 1.68. The van der Waals surface area contributed by atoms with Crippen molar-refractivity contribution in [3.05, 3.63) is 39.8 Å². The molecule has 1 aromatic carbocycles. The molecule has 0 aliphatic heterocycles. The van der Waals surface area contributed by atoms with Crippen LogP contribution in [0.2, 0.25) is 0 Å². The first kappa shape index (κ1) is 14.0. The van der Waals surface area contributed by atoms with Gasteiger partial charge in [-0.25, -0.2) is 14.8 Å². The lowest BCUT2D eigenvalue weighted by atomic mass is 10.3. The lowest BCUT2D eigenvalue weighted by Crippen LogP contribution is -2.31. The van der Waals surface area contributed by atoms with Gasteiger partial charge in [0.05, 0.1) is 21.3 Å². The van der Waals surface area contributed by atoms with Crippen molar-refractivity contribution < 1.29 is 4.79 Å². The Kier molecular flexibility index (Phi) is 3.85. The van der Waals surface area contributed by atoms with E-state index in [4.69, 9.17) is 0 Å². The van der Waals surface area contributed by atoms with Crippen LogP contribution in [-0.2, 0) is 0 Å². The molecule has 0 bridgehead atoms. The Morgan fingerprint density at radius 2 is 2.24 bits per heavy atom. The Bertz CT molecular complexity index is 766. The van der Waals surface area contributed by atoms with Crippen molar-refractivity contribution in [2.75, 3.05) is 5.32 Å². The van der Waals surface area contributed by atoms with Crippen molar-refractivity contribution >= 4 is 44.6 Å². The lowest BCUT2D eigenvalue weighted by Gasteiger charge is -2.12. The molecule has 0 aliphatic rings. The normalized spacial score (nSPS) is 12.3. The third-order valence-electron chi connectivity index (χ3n) is 2.92. The largest absolute Gasteiger partial charge is 0.329 e. The monoisotopic (exact) mass is 318 g/mol. The molecule has 3 aromatic rings. The van der Waals surface area contributed by atoms with Gasteiger partial charge in [-0.2, -0.15) is 0 Å². The number of hydrogen-bond donors (Lipinski definition) is 2. The van der Waals surface area contributed by atoms with Crippen LogP contribution in [0.15, 0.2) is 29.8 Å². The minimum atomic E-state index is -0.238. The third-order valence-corrected chi connectivity index (χ3v) is 4.81. The Morgan fingerprint density at radius 3 is 3.00 bits per heavy atom. The van der Waals surface area contributed by atoms with Crippen LogP contribution in [-0.4, -0.2) is 16.0 Å². The molecule has 0 fully saturated rings. The summed E-state index contributed by atoms with van der Waals surface area (Å²) in [5, 5.41) is 9.51. The lowest BCUT2D eigenvalue weighted by molar-refractivity contribution is 0.249. The molecule has 2 heterocycles. The van der Waals surface area contributed by atoms with Gasteiger partial charge in [-0.3, -0.25) is 0 Å². The second kappa shape index (κ2) is 5.79. The summed E-state index contributed by atoms with van der Waals surface area (Å²) in [4.78, 5) is 20.6. The van der Waals surface area contributed by atoms with E-state index in [0.717, 1.165) is 25.9 Å². The van der Waals surface area contributed by atoms with E-state index < -0.39 is 0 Å². The van der Waals surface area contributed by atoms with Crippen LogP contribution >= 0.6 is 22.7 Å². The molecule has 0 saturated carbocycles. The molecule has 7 heteroatoms. The predicted octanol–water partition coefficient (Wildman–Crippen LogP) is 3.94. The van der Waals surface area contributed by atoms with Crippen molar-refractivity contribution in [3.63, 3.8) is 0 Å². The number of fused-ring (bicyclic) bond motifs is 1. The van der Waals surface area contributed by atoms with Crippen molar-refractivity contribution in [1.82, 2.24) is 15.3 Å². The number of nitrogens with zero attached hydrogens (tertiary/aromatic N) is 2. The fourth-order valence-electron chi connectivity index (χ4n) is 1.99. The van der Waals surface area contributed by atoms with Gasteiger partial charge in [0.15, 0.2) is 0 Å². The number of nitrogens with one attached hydrogen (secondary N) is 2. The molecule has 1 unspecified atom stereocenters. The highest BCUT2D eigenvalue weighted by atomic mass is 32.1. The van der Waals surface area contributed by atoms with Crippen LogP contribution in [0, 0.1) is 6.92 Å². The molecule has 0 saturated heterocycles. The maximum atomic E-state index is 12.0. The standard InChI is InChI=1S/C14H14N4OS2/c1-8(13-15-5-6-20-13)16-14(19)18-10-3-4-11-12(7-10)21-9(2)17-11/h3-8H,1-2H3,(H2,16,18,19). The molecule has 2 N–H and O–H groups in total. The van der Waals surface area contributed by atoms with E-state index in [9.17, 15) is 4.79 Å². The molecule has 3 rings (SSSR count). The van der Waals surface area contributed by atoms with Gasteiger partial charge >= 0.3 is 6.03 Å². The number of benzene rings is 1. The maximum absolute atomic E-state index is 12.0. The highest BCUT2D eigenvalue weighted by Crippen LogP contribution is 2.24.